The average molecular weight is 211 g/mol. The van der Waals surface area contributed by atoms with Crippen molar-refractivity contribution in [1.82, 2.24) is 9.80 Å². The molecule has 3 nitrogen and oxygen atoms in total. The van der Waals surface area contributed by atoms with Crippen LogP contribution in [0.15, 0.2) is 0 Å². The van der Waals surface area contributed by atoms with Gasteiger partial charge in [-0.3, -0.25) is 0 Å². The minimum absolute atomic E-state index is 0.464. The predicted molar refractivity (Wildman–Crippen MR) is 63.9 cm³/mol. The van der Waals surface area contributed by atoms with Gasteiger partial charge in [-0.25, -0.2) is 0 Å². The molecular formula is C12H25N3. The van der Waals surface area contributed by atoms with Crippen LogP contribution in [-0.4, -0.2) is 55.1 Å². The first-order chi connectivity index (χ1) is 7.25. The summed E-state index contributed by atoms with van der Waals surface area (Å²) in [5.74, 6) is 0. The quantitative estimate of drug-likeness (QED) is 0.750. The van der Waals surface area contributed by atoms with Crippen molar-refractivity contribution in [3.8, 4) is 0 Å². The highest BCUT2D eigenvalue weighted by Gasteiger charge is 2.22. The number of likely N-dealkylation sites (N-methyl/N-ethyl adjacent to an activating group) is 1. The summed E-state index contributed by atoms with van der Waals surface area (Å²) < 4.78 is 0. The van der Waals surface area contributed by atoms with Crippen molar-refractivity contribution in [3.63, 3.8) is 0 Å². The maximum Gasteiger partial charge on any atom is 0.0109 e. The van der Waals surface area contributed by atoms with Gasteiger partial charge in [-0.05, 0) is 45.8 Å². The molecule has 0 spiro atoms. The van der Waals surface area contributed by atoms with E-state index in [1.165, 1.54) is 58.3 Å². The molecule has 1 heterocycles. The Kier molecular flexibility index (Phi) is 4.00. The molecule has 2 rings (SSSR count). The highest BCUT2D eigenvalue weighted by Crippen LogP contribution is 2.23. The zero-order valence-electron chi connectivity index (χ0n) is 9.99. The second-order valence-electron chi connectivity index (χ2n) is 5.24. The van der Waals surface area contributed by atoms with Crippen LogP contribution < -0.4 is 5.73 Å². The topological polar surface area (TPSA) is 32.5 Å². The molecule has 2 N–H and O–H groups in total. The Morgan fingerprint density at radius 2 is 1.87 bits per heavy atom. The molecule has 88 valence electrons. The van der Waals surface area contributed by atoms with Gasteiger partial charge in [-0.2, -0.15) is 0 Å². The van der Waals surface area contributed by atoms with Crippen molar-refractivity contribution in [3.05, 3.63) is 0 Å². The van der Waals surface area contributed by atoms with Gasteiger partial charge >= 0.3 is 0 Å². The standard InChI is InChI=1S/C12H25N3/c1-14(12-3-2-4-12)9-10-15-7-5-11(13)6-8-15/h11-12H,2-10,13H2,1H3. The van der Waals surface area contributed by atoms with Crippen molar-refractivity contribution in [2.24, 2.45) is 5.73 Å². The second-order valence-corrected chi connectivity index (χ2v) is 5.24. The number of nitrogens with two attached hydrogens (primary N) is 1. The van der Waals surface area contributed by atoms with E-state index in [0.717, 1.165) is 6.04 Å². The fraction of sp³-hybridized carbons (Fsp3) is 1.00. The summed E-state index contributed by atoms with van der Waals surface area (Å²) in [6.07, 6.45) is 6.65. The fourth-order valence-electron chi connectivity index (χ4n) is 2.49. The van der Waals surface area contributed by atoms with Gasteiger partial charge in [0.15, 0.2) is 0 Å². The number of hydrogen-bond donors (Lipinski definition) is 1. The number of piperidine rings is 1. The third-order valence-corrected chi connectivity index (χ3v) is 4.10. The minimum Gasteiger partial charge on any atom is -0.328 e. The van der Waals surface area contributed by atoms with Gasteiger partial charge in [0.05, 0.1) is 0 Å². The van der Waals surface area contributed by atoms with E-state index in [1.807, 2.05) is 0 Å². The average Bonchev–Trinajstić information content (AvgIpc) is 2.14. The van der Waals surface area contributed by atoms with Crippen LogP contribution in [-0.2, 0) is 0 Å². The highest BCUT2D eigenvalue weighted by atomic mass is 15.2. The Balaban J connectivity index is 1.60. The van der Waals surface area contributed by atoms with E-state index in [-0.39, 0.29) is 0 Å². The molecule has 0 aromatic rings. The summed E-state index contributed by atoms with van der Waals surface area (Å²) in [6, 6.07) is 1.35. The zero-order chi connectivity index (χ0) is 10.7. The van der Waals surface area contributed by atoms with Gasteiger partial charge in [0.1, 0.15) is 0 Å². The summed E-state index contributed by atoms with van der Waals surface area (Å²) in [4.78, 5) is 5.11. The van der Waals surface area contributed by atoms with Gasteiger partial charge in [-0.15, -0.1) is 0 Å². The summed E-state index contributed by atoms with van der Waals surface area (Å²) in [5.41, 5.74) is 5.89. The monoisotopic (exact) mass is 211 g/mol. The molecule has 0 bridgehead atoms. The first kappa shape index (κ1) is 11.4. The fourth-order valence-corrected chi connectivity index (χ4v) is 2.49. The summed E-state index contributed by atoms with van der Waals surface area (Å²) in [6.45, 7) is 4.89. The lowest BCUT2D eigenvalue weighted by Gasteiger charge is -2.37. The van der Waals surface area contributed by atoms with E-state index >= 15 is 0 Å². The molecule has 0 atom stereocenters. The van der Waals surface area contributed by atoms with E-state index < -0.39 is 0 Å². The second kappa shape index (κ2) is 5.28. The van der Waals surface area contributed by atoms with Gasteiger partial charge in [0.25, 0.3) is 0 Å². The molecule has 0 unspecified atom stereocenters. The zero-order valence-corrected chi connectivity index (χ0v) is 9.99. The minimum atomic E-state index is 0.464. The third-order valence-electron chi connectivity index (χ3n) is 4.10. The first-order valence-corrected chi connectivity index (χ1v) is 6.44. The van der Waals surface area contributed by atoms with Crippen LogP contribution in [0.25, 0.3) is 0 Å². The molecule has 2 aliphatic rings. The van der Waals surface area contributed by atoms with Crippen LogP contribution >= 0.6 is 0 Å². The van der Waals surface area contributed by atoms with Gasteiger partial charge in [-0.1, -0.05) is 6.42 Å². The molecule has 0 aromatic carbocycles. The lowest BCUT2D eigenvalue weighted by atomic mass is 9.92. The molecule has 1 aliphatic heterocycles. The number of likely N-dealkylation sites (tertiary alicyclic amines) is 1. The SMILES string of the molecule is CN(CCN1CCC(N)CC1)C1CCC1. The number of hydrogen-bond acceptors (Lipinski definition) is 3. The van der Waals surface area contributed by atoms with Crippen LogP contribution in [0.5, 0.6) is 0 Å². The van der Waals surface area contributed by atoms with Crippen LogP contribution in [0.4, 0.5) is 0 Å². The predicted octanol–water partition coefficient (Wildman–Crippen LogP) is 0.894. The van der Waals surface area contributed by atoms with Gasteiger partial charge < -0.3 is 15.5 Å². The van der Waals surface area contributed by atoms with Crippen molar-refractivity contribution in [2.45, 2.75) is 44.2 Å². The molecular weight excluding hydrogens is 186 g/mol. The molecule has 3 heteroatoms. The van der Waals surface area contributed by atoms with Crippen molar-refractivity contribution >= 4 is 0 Å². The van der Waals surface area contributed by atoms with E-state index in [4.69, 9.17) is 5.73 Å². The maximum atomic E-state index is 5.89. The largest absolute Gasteiger partial charge is 0.328 e. The van der Waals surface area contributed by atoms with Gasteiger partial charge in [0, 0.05) is 25.2 Å². The third kappa shape index (κ3) is 3.16. The number of rotatable bonds is 4. The Labute approximate surface area is 93.6 Å². The van der Waals surface area contributed by atoms with Crippen LogP contribution in [0.2, 0.25) is 0 Å². The summed E-state index contributed by atoms with van der Waals surface area (Å²) >= 11 is 0. The van der Waals surface area contributed by atoms with E-state index in [9.17, 15) is 0 Å². The molecule has 0 radical (unpaired) electrons. The normalized spacial score (nSPS) is 25.8. The highest BCUT2D eigenvalue weighted by molar-refractivity contribution is 4.79. The summed E-state index contributed by atoms with van der Waals surface area (Å²) in [7, 11) is 2.28. The number of nitrogens with zero attached hydrogens (tertiary/aromatic N) is 2. The molecule has 0 aromatic heterocycles. The Hall–Kier alpha value is -0.120. The maximum absolute atomic E-state index is 5.89. The van der Waals surface area contributed by atoms with Crippen LogP contribution in [0, 0.1) is 0 Å². The van der Waals surface area contributed by atoms with Crippen LogP contribution in [0.3, 0.4) is 0 Å². The molecule has 1 aliphatic carbocycles. The van der Waals surface area contributed by atoms with Crippen molar-refractivity contribution in [2.75, 3.05) is 33.2 Å². The Bertz CT molecular complexity index is 183. The first-order valence-electron chi connectivity index (χ1n) is 6.44. The molecule has 1 saturated carbocycles. The summed E-state index contributed by atoms with van der Waals surface area (Å²) in [5, 5.41) is 0. The van der Waals surface area contributed by atoms with E-state index in [0.29, 0.717) is 6.04 Å². The smallest absolute Gasteiger partial charge is 0.0109 e. The van der Waals surface area contributed by atoms with Gasteiger partial charge in [0.2, 0.25) is 0 Å². The lowest BCUT2D eigenvalue weighted by Crippen LogP contribution is -2.45. The Morgan fingerprint density at radius 1 is 1.20 bits per heavy atom. The molecule has 15 heavy (non-hydrogen) atoms. The van der Waals surface area contributed by atoms with Crippen molar-refractivity contribution < 1.29 is 0 Å². The molecule has 2 fully saturated rings. The van der Waals surface area contributed by atoms with Crippen LogP contribution in [0.1, 0.15) is 32.1 Å². The molecule has 0 amide bonds. The van der Waals surface area contributed by atoms with Crippen molar-refractivity contribution in [1.29, 1.82) is 0 Å². The van der Waals surface area contributed by atoms with E-state index in [1.54, 1.807) is 0 Å². The molecule has 1 saturated heterocycles. The lowest BCUT2D eigenvalue weighted by molar-refractivity contribution is 0.126. The van der Waals surface area contributed by atoms with E-state index in [2.05, 4.69) is 16.8 Å². The Morgan fingerprint density at radius 3 is 2.40 bits per heavy atom.